The SMILES string of the molecule is CCC[C@H](CC(C)=O)OC(=O)C[C@@H](C)OC. The lowest BCUT2D eigenvalue weighted by Gasteiger charge is -2.17. The summed E-state index contributed by atoms with van der Waals surface area (Å²) >= 11 is 0. The number of carbonyl (C=O) groups excluding carboxylic acids is 2. The molecule has 2 atom stereocenters. The molecule has 0 aliphatic rings. The first-order valence-corrected chi connectivity index (χ1v) is 5.71. The topological polar surface area (TPSA) is 52.6 Å². The Bertz CT molecular complexity index is 225. The number of Topliss-reactive ketones (excluding diaryl/α,β-unsaturated/α-hetero) is 1. The molecule has 0 saturated heterocycles. The number of carbonyl (C=O) groups is 2. The van der Waals surface area contributed by atoms with Gasteiger partial charge in [0.15, 0.2) is 0 Å². The normalized spacial score (nSPS) is 14.2. The van der Waals surface area contributed by atoms with Crippen LogP contribution in [0.1, 0.15) is 46.5 Å². The number of ketones is 1. The van der Waals surface area contributed by atoms with Crippen LogP contribution in [-0.2, 0) is 19.1 Å². The van der Waals surface area contributed by atoms with Gasteiger partial charge in [0.25, 0.3) is 0 Å². The summed E-state index contributed by atoms with van der Waals surface area (Å²) in [5.41, 5.74) is 0. The smallest absolute Gasteiger partial charge is 0.308 e. The van der Waals surface area contributed by atoms with E-state index < -0.39 is 0 Å². The lowest BCUT2D eigenvalue weighted by Crippen LogP contribution is -2.23. The Balaban J connectivity index is 4.06. The van der Waals surface area contributed by atoms with E-state index in [4.69, 9.17) is 9.47 Å². The van der Waals surface area contributed by atoms with Crippen LogP contribution in [0.25, 0.3) is 0 Å². The average Bonchev–Trinajstić information content (AvgIpc) is 2.16. The van der Waals surface area contributed by atoms with Crippen molar-refractivity contribution < 1.29 is 19.1 Å². The third-order valence-corrected chi connectivity index (χ3v) is 2.28. The van der Waals surface area contributed by atoms with E-state index in [0.717, 1.165) is 12.8 Å². The summed E-state index contributed by atoms with van der Waals surface area (Å²) in [5, 5.41) is 0. The van der Waals surface area contributed by atoms with Crippen molar-refractivity contribution in [3.63, 3.8) is 0 Å². The molecule has 4 nitrogen and oxygen atoms in total. The van der Waals surface area contributed by atoms with E-state index in [1.807, 2.05) is 6.92 Å². The zero-order chi connectivity index (χ0) is 12.6. The molecule has 0 fully saturated rings. The van der Waals surface area contributed by atoms with Gasteiger partial charge < -0.3 is 9.47 Å². The third kappa shape index (κ3) is 7.40. The van der Waals surface area contributed by atoms with Gasteiger partial charge in [-0.05, 0) is 20.3 Å². The molecule has 0 bridgehead atoms. The van der Waals surface area contributed by atoms with Crippen molar-refractivity contribution in [1.29, 1.82) is 0 Å². The Morgan fingerprint density at radius 1 is 1.25 bits per heavy atom. The monoisotopic (exact) mass is 230 g/mol. The van der Waals surface area contributed by atoms with Crippen molar-refractivity contribution in [2.45, 2.75) is 58.7 Å². The minimum absolute atomic E-state index is 0.0473. The summed E-state index contributed by atoms with van der Waals surface area (Å²) in [6, 6.07) is 0. The van der Waals surface area contributed by atoms with Crippen molar-refractivity contribution in [1.82, 2.24) is 0 Å². The van der Waals surface area contributed by atoms with Crippen molar-refractivity contribution in [3.05, 3.63) is 0 Å². The standard InChI is InChI=1S/C12H22O4/c1-5-6-11(7-9(2)13)16-12(14)8-10(3)15-4/h10-11H,5-8H2,1-4H3/t10-,11-/m1/s1. The van der Waals surface area contributed by atoms with E-state index >= 15 is 0 Å². The number of ether oxygens (including phenoxy) is 2. The molecular formula is C12H22O4. The molecule has 16 heavy (non-hydrogen) atoms. The van der Waals surface area contributed by atoms with Crippen LogP contribution in [0.5, 0.6) is 0 Å². The Morgan fingerprint density at radius 2 is 1.88 bits per heavy atom. The summed E-state index contributed by atoms with van der Waals surface area (Å²) in [6.45, 7) is 5.31. The summed E-state index contributed by atoms with van der Waals surface area (Å²) < 4.78 is 10.2. The van der Waals surface area contributed by atoms with Crippen molar-refractivity contribution in [3.8, 4) is 0 Å². The fourth-order valence-corrected chi connectivity index (χ4v) is 1.40. The van der Waals surface area contributed by atoms with Crippen LogP contribution >= 0.6 is 0 Å². The highest BCUT2D eigenvalue weighted by Crippen LogP contribution is 2.10. The Hall–Kier alpha value is -0.900. The highest BCUT2D eigenvalue weighted by Gasteiger charge is 2.17. The minimum Gasteiger partial charge on any atom is -0.462 e. The predicted octanol–water partition coefficient (Wildman–Crippen LogP) is 2.10. The maximum Gasteiger partial charge on any atom is 0.308 e. The van der Waals surface area contributed by atoms with Crippen molar-refractivity contribution in [2.24, 2.45) is 0 Å². The molecule has 0 aliphatic heterocycles. The zero-order valence-corrected chi connectivity index (χ0v) is 10.6. The zero-order valence-electron chi connectivity index (χ0n) is 10.6. The Morgan fingerprint density at radius 3 is 2.31 bits per heavy atom. The number of hydrogen-bond donors (Lipinski definition) is 0. The molecule has 0 N–H and O–H groups in total. The van der Waals surface area contributed by atoms with Gasteiger partial charge >= 0.3 is 5.97 Å². The van der Waals surface area contributed by atoms with E-state index in [9.17, 15) is 9.59 Å². The molecule has 0 radical (unpaired) electrons. The number of hydrogen-bond acceptors (Lipinski definition) is 4. The largest absolute Gasteiger partial charge is 0.462 e. The molecule has 4 heteroatoms. The second-order valence-corrected chi connectivity index (χ2v) is 4.06. The van der Waals surface area contributed by atoms with Crippen LogP contribution in [0.2, 0.25) is 0 Å². The lowest BCUT2D eigenvalue weighted by molar-refractivity contribution is -0.152. The van der Waals surface area contributed by atoms with Crippen molar-refractivity contribution >= 4 is 11.8 Å². The maximum absolute atomic E-state index is 11.5. The number of rotatable bonds is 8. The molecule has 0 saturated carbocycles. The summed E-state index contributed by atoms with van der Waals surface area (Å²) in [7, 11) is 1.55. The van der Waals surface area contributed by atoms with E-state index in [0.29, 0.717) is 6.42 Å². The Kier molecular flexibility index (Phi) is 7.81. The lowest BCUT2D eigenvalue weighted by atomic mass is 10.1. The first kappa shape index (κ1) is 15.1. The van der Waals surface area contributed by atoms with Crippen molar-refractivity contribution in [2.75, 3.05) is 7.11 Å². The second-order valence-electron chi connectivity index (χ2n) is 4.06. The molecule has 0 heterocycles. The van der Waals surface area contributed by atoms with Gasteiger partial charge in [0.1, 0.15) is 11.9 Å². The Labute approximate surface area is 97.3 Å². The molecule has 0 rings (SSSR count). The van der Waals surface area contributed by atoms with E-state index in [1.165, 1.54) is 6.92 Å². The molecule has 0 aromatic rings. The molecule has 0 aromatic heterocycles. The summed E-state index contributed by atoms with van der Waals surface area (Å²) in [6.07, 6.45) is 1.74. The van der Waals surface area contributed by atoms with Crippen LogP contribution in [0.4, 0.5) is 0 Å². The second kappa shape index (κ2) is 8.28. The highest BCUT2D eigenvalue weighted by molar-refractivity contribution is 5.77. The first-order valence-electron chi connectivity index (χ1n) is 5.71. The predicted molar refractivity (Wildman–Crippen MR) is 61.2 cm³/mol. The highest BCUT2D eigenvalue weighted by atomic mass is 16.5. The van der Waals surface area contributed by atoms with Crippen LogP contribution in [0.15, 0.2) is 0 Å². The van der Waals surface area contributed by atoms with Crippen LogP contribution in [0, 0.1) is 0 Å². The first-order chi connectivity index (χ1) is 7.49. The average molecular weight is 230 g/mol. The minimum atomic E-state index is -0.297. The van der Waals surface area contributed by atoms with Gasteiger partial charge in [0.2, 0.25) is 0 Å². The quantitative estimate of drug-likeness (QED) is 0.599. The fourth-order valence-electron chi connectivity index (χ4n) is 1.40. The third-order valence-electron chi connectivity index (χ3n) is 2.28. The van der Waals surface area contributed by atoms with E-state index in [1.54, 1.807) is 14.0 Å². The summed E-state index contributed by atoms with van der Waals surface area (Å²) in [4.78, 5) is 22.4. The summed E-state index contributed by atoms with van der Waals surface area (Å²) in [5.74, 6) is -0.250. The van der Waals surface area contributed by atoms with Gasteiger partial charge in [-0.15, -0.1) is 0 Å². The number of methoxy groups -OCH3 is 1. The van der Waals surface area contributed by atoms with E-state index in [2.05, 4.69) is 0 Å². The van der Waals surface area contributed by atoms with Gasteiger partial charge in [-0.1, -0.05) is 13.3 Å². The number of esters is 1. The molecule has 0 aromatic carbocycles. The van der Waals surface area contributed by atoms with Crippen LogP contribution in [-0.4, -0.2) is 31.1 Å². The van der Waals surface area contributed by atoms with E-state index in [-0.39, 0.29) is 30.4 Å². The van der Waals surface area contributed by atoms with Gasteiger partial charge in [-0.25, -0.2) is 0 Å². The molecule has 0 unspecified atom stereocenters. The van der Waals surface area contributed by atoms with Gasteiger partial charge in [0, 0.05) is 13.5 Å². The molecule has 0 aliphatic carbocycles. The van der Waals surface area contributed by atoms with Gasteiger partial charge in [-0.3, -0.25) is 9.59 Å². The molecular weight excluding hydrogens is 208 g/mol. The molecule has 0 amide bonds. The van der Waals surface area contributed by atoms with Gasteiger partial charge in [0.05, 0.1) is 12.5 Å². The molecule has 94 valence electrons. The van der Waals surface area contributed by atoms with Gasteiger partial charge in [-0.2, -0.15) is 0 Å². The van der Waals surface area contributed by atoms with Crippen LogP contribution < -0.4 is 0 Å². The maximum atomic E-state index is 11.5. The fraction of sp³-hybridized carbons (Fsp3) is 0.833. The van der Waals surface area contributed by atoms with Crippen LogP contribution in [0.3, 0.4) is 0 Å². The molecule has 0 spiro atoms.